The fourth-order valence-electron chi connectivity index (χ4n) is 10.5. The van der Waals surface area contributed by atoms with E-state index in [1.54, 1.807) is 0 Å². The number of nitrogens with zero attached hydrogens (tertiary/aromatic N) is 1. The second kappa shape index (κ2) is 14.6. The van der Waals surface area contributed by atoms with E-state index >= 15 is 0 Å². The van der Waals surface area contributed by atoms with Gasteiger partial charge in [-0.25, -0.2) is 0 Å². The van der Waals surface area contributed by atoms with E-state index in [2.05, 4.69) is 254 Å². The van der Waals surface area contributed by atoms with E-state index in [0.717, 1.165) is 17.1 Å². The molecule has 0 aliphatic heterocycles. The maximum Gasteiger partial charge on any atom is 0.0714 e. The highest BCUT2D eigenvalue weighted by molar-refractivity contribution is 6.25. The van der Waals surface area contributed by atoms with Crippen LogP contribution in [0.1, 0.15) is 22.3 Å². The predicted molar refractivity (Wildman–Crippen MR) is 262 cm³/mol. The summed E-state index contributed by atoms with van der Waals surface area (Å²) in [5.41, 5.74) is 15.2. The van der Waals surface area contributed by atoms with Gasteiger partial charge in [0, 0.05) is 17.1 Å². The van der Waals surface area contributed by atoms with Gasteiger partial charge in [0.05, 0.1) is 5.41 Å². The molecule has 0 saturated carbocycles. The third-order valence-corrected chi connectivity index (χ3v) is 13.1. The van der Waals surface area contributed by atoms with Gasteiger partial charge in [-0.15, -0.1) is 0 Å². The van der Waals surface area contributed by atoms with Crippen LogP contribution in [0.25, 0.3) is 65.7 Å². The number of anilines is 3. The zero-order chi connectivity index (χ0) is 41.0. The van der Waals surface area contributed by atoms with Crippen molar-refractivity contribution in [2.24, 2.45) is 0 Å². The number of hydrogen-bond acceptors (Lipinski definition) is 1. The van der Waals surface area contributed by atoms with E-state index in [9.17, 15) is 0 Å². The van der Waals surface area contributed by atoms with Gasteiger partial charge in [-0.3, -0.25) is 0 Å². The molecular weight excluding hydrogens is 747 g/mol. The standard InChI is InChI=1S/C61H41N/c1-5-19-42(20-6-1)49-36-33-46(39-57(49)43-21-7-2-8-22-43)62(47-34-37-54-52-29-14-13-27-50(52)51-28-15-16-30-53(51)58(54)40-47)48-35-38-56-55-31-17-18-32-59(55)61(60(56)41-48,44-23-9-3-10-24-44)45-25-11-4-12-26-45/h1-41H. The molecule has 1 heteroatoms. The van der Waals surface area contributed by atoms with Crippen LogP contribution in [0, 0.1) is 0 Å². The largest absolute Gasteiger partial charge is 0.310 e. The van der Waals surface area contributed by atoms with Crippen molar-refractivity contribution in [3.8, 4) is 33.4 Å². The number of rotatable bonds is 7. The first-order valence-corrected chi connectivity index (χ1v) is 21.5. The second-order valence-corrected chi connectivity index (χ2v) is 16.4. The minimum Gasteiger partial charge on any atom is -0.310 e. The van der Waals surface area contributed by atoms with Crippen LogP contribution in [0.15, 0.2) is 249 Å². The van der Waals surface area contributed by atoms with Crippen molar-refractivity contribution in [3.05, 3.63) is 271 Å². The summed E-state index contributed by atoms with van der Waals surface area (Å²) in [6.07, 6.45) is 0. The molecule has 0 unspecified atom stereocenters. The molecular formula is C61H41N. The molecule has 11 aromatic rings. The van der Waals surface area contributed by atoms with Gasteiger partial charge in [-0.1, -0.05) is 212 Å². The van der Waals surface area contributed by atoms with Gasteiger partial charge in [0.2, 0.25) is 0 Å². The molecule has 1 nitrogen and oxygen atoms in total. The third-order valence-electron chi connectivity index (χ3n) is 13.1. The molecule has 0 fully saturated rings. The number of benzene rings is 11. The molecule has 0 atom stereocenters. The molecule has 1 aliphatic carbocycles. The summed E-state index contributed by atoms with van der Waals surface area (Å²) in [7, 11) is 0. The molecule has 0 saturated heterocycles. The van der Waals surface area contributed by atoms with E-state index < -0.39 is 5.41 Å². The molecule has 1 aliphatic rings. The van der Waals surface area contributed by atoms with Gasteiger partial charge < -0.3 is 4.90 Å². The lowest BCUT2D eigenvalue weighted by molar-refractivity contribution is 0.768. The zero-order valence-corrected chi connectivity index (χ0v) is 34.1. The molecule has 0 aromatic heterocycles. The quantitative estimate of drug-likeness (QED) is 0.145. The minimum absolute atomic E-state index is 0.527. The fraction of sp³-hybridized carbons (Fsp3) is 0.0164. The van der Waals surface area contributed by atoms with Gasteiger partial charge in [-0.05, 0) is 124 Å². The first kappa shape index (κ1) is 35.9. The van der Waals surface area contributed by atoms with Crippen LogP contribution in [0.2, 0.25) is 0 Å². The highest BCUT2D eigenvalue weighted by Crippen LogP contribution is 2.57. The first-order chi connectivity index (χ1) is 30.8. The van der Waals surface area contributed by atoms with Gasteiger partial charge >= 0.3 is 0 Å². The molecule has 11 aromatic carbocycles. The predicted octanol–water partition coefficient (Wildman–Crippen LogP) is 16.3. The molecule has 12 rings (SSSR count). The van der Waals surface area contributed by atoms with Gasteiger partial charge in [-0.2, -0.15) is 0 Å². The maximum absolute atomic E-state index is 2.48. The summed E-state index contributed by atoms with van der Waals surface area (Å²) in [6, 6.07) is 91.7. The Bertz CT molecular complexity index is 3370. The lowest BCUT2D eigenvalue weighted by Crippen LogP contribution is -2.28. The average molecular weight is 788 g/mol. The molecule has 0 N–H and O–H groups in total. The Hall–Kier alpha value is -8.00. The summed E-state index contributed by atoms with van der Waals surface area (Å²) >= 11 is 0. The summed E-state index contributed by atoms with van der Waals surface area (Å²) in [5.74, 6) is 0. The van der Waals surface area contributed by atoms with Crippen LogP contribution in [0.4, 0.5) is 17.1 Å². The first-order valence-electron chi connectivity index (χ1n) is 21.5. The monoisotopic (exact) mass is 787 g/mol. The fourth-order valence-corrected chi connectivity index (χ4v) is 10.5. The Labute approximate surface area is 362 Å². The van der Waals surface area contributed by atoms with Gasteiger partial charge in [0.1, 0.15) is 0 Å². The van der Waals surface area contributed by atoms with Crippen LogP contribution in [-0.2, 0) is 5.41 Å². The summed E-state index contributed by atoms with van der Waals surface area (Å²) < 4.78 is 0. The molecule has 62 heavy (non-hydrogen) atoms. The van der Waals surface area contributed by atoms with Crippen molar-refractivity contribution < 1.29 is 0 Å². The van der Waals surface area contributed by atoms with E-state index in [-0.39, 0.29) is 0 Å². The molecule has 0 amide bonds. The third kappa shape index (κ3) is 5.56. The lowest BCUT2D eigenvalue weighted by Gasteiger charge is -2.35. The summed E-state index contributed by atoms with van der Waals surface area (Å²) in [6.45, 7) is 0. The van der Waals surface area contributed by atoms with Gasteiger partial charge in [0.25, 0.3) is 0 Å². The van der Waals surface area contributed by atoms with Crippen molar-refractivity contribution in [1.82, 2.24) is 0 Å². The zero-order valence-electron chi connectivity index (χ0n) is 34.1. The minimum atomic E-state index is -0.527. The Balaban J connectivity index is 1.16. The van der Waals surface area contributed by atoms with Crippen LogP contribution in [0.3, 0.4) is 0 Å². The Morgan fingerprint density at radius 3 is 1.24 bits per heavy atom. The molecule has 0 spiro atoms. The lowest BCUT2D eigenvalue weighted by atomic mass is 9.67. The SMILES string of the molecule is c1ccc(-c2ccc(N(c3ccc4c(c3)C(c3ccccc3)(c3ccccc3)c3ccccc3-4)c3ccc4c5ccccc5c5ccccc5c4c3)cc2-c2ccccc2)cc1. The van der Waals surface area contributed by atoms with E-state index in [4.69, 9.17) is 0 Å². The van der Waals surface area contributed by atoms with Crippen LogP contribution in [0.5, 0.6) is 0 Å². The Morgan fingerprint density at radius 1 is 0.242 bits per heavy atom. The van der Waals surface area contributed by atoms with Crippen molar-refractivity contribution in [2.75, 3.05) is 4.90 Å². The van der Waals surface area contributed by atoms with Crippen molar-refractivity contribution in [2.45, 2.75) is 5.41 Å². The summed E-state index contributed by atoms with van der Waals surface area (Å²) in [4.78, 5) is 2.48. The normalized spacial score (nSPS) is 12.6. The molecule has 290 valence electrons. The van der Waals surface area contributed by atoms with Crippen LogP contribution >= 0.6 is 0 Å². The van der Waals surface area contributed by atoms with E-state index in [0.29, 0.717) is 0 Å². The van der Waals surface area contributed by atoms with Crippen molar-refractivity contribution in [3.63, 3.8) is 0 Å². The second-order valence-electron chi connectivity index (χ2n) is 16.4. The highest BCUT2D eigenvalue weighted by Gasteiger charge is 2.46. The number of hydrogen-bond donors (Lipinski definition) is 0. The highest BCUT2D eigenvalue weighted by atomic mass is 15.1. The summed E-state index contributed by atoms with van der Waals surface area (Å²) in [5, 5.41) is 7.56. The molecule has 0 radical (unpaired) electrons. The van der Waals surface area contributed by atoms with Crippen molar-refractivity contribution in [1.29, 1.82) is 0 Å². The van der Waals surface area contributed by atoms with Crippen LogP contribution < -0.4 is 4.90 Å². The van der Waals surface area contributed by atoms with Gasteiger partial charge in [0.15, 0.2) is 0 Å². The molecule has 0 bridgehead atoms. The van der Waals surface area contributed by atoms with Crippen molar-refractivity contribution >= 4 is 49.4 Å². The average Bonchev–Trinajstić information content (AvgIpc) is 3.65. The maximum atomic E-state index is 2.48. The Morgan fingerprint density at radius 2 is 0.645 bits per heavy atom. The number of fused-ring (bicyclic) bond motifs is 9. The van der Waals surface area contributed by atoms with E-state index in [1.807, 2.05) is 0 Å². The molecule has 0 heterocycles. The Kier molecular flexibility index (Phi) is 8.47. The van der Waals surface area contributed by atoms with Crippen LogP contribution in [-0.4, -0.2) is 0 Å². The van der Waals surface area contributed by atoms with E-state index in [1.165, 1.54) is 88.0 Å². The topological polar surface area (TPSA) is 3.24 Å². The smallest absolute Gasteiger partial charge is 0.0714 e.